The molecule has 0 saturated carbocycles. The summed E-state index contributed by atoms with van der Waals surface area (Å²) in [4.78, 5) is 16.3. The molecule has 1 rings (SSSR count). The quantitative estimate of drug-likeness (QED) is 0.314. The number of aromatic nitrogens is 1. The normalized spacial score (nSPS) is 12.4. The van der Waals surface area contributed by atoms with Gasteiger partial charge in [-0.3, -0.25) is 4.79 Å². The first-order valence-corrected chi connectivity index (χ1v) is 6.68. The van der Waals surface area contributed by atoms with Crippen LogP contribution in [0.15, 0.2) is 16.0 Å². The minimum Gasteiger partial charge on any atom is -0.409 e. The number of carbonyl (C=O) groups excluding carboxylic acids is 1. The summed E-state index contributed by atoms with van der Waals surface area (Å²) in [6.07, 6.45) is 0.949. The third-order valence-electron chi connectivity index (χ3n) is 3.15. The third kappa shape index (κ3) is 2.79. The van der Waals surface area contributed by atoms with Gasteiger partial charge in [-0.25, -0.2) is 4.98 Å². The maximum absolute atomic E-state index is 12.2. The maximum Gasteiger partial charge on any atom is 0.234 e. The van der Waals surface area contributed by atoms with Crippen LogP contribution in [0.25, 0.3) is 0 Å². The summed E-state index contributed by atoms with van der Waals surface area (Å²) < 4.78 is 0. The molecule has 0 saturated heterocycles. The second-order valence-corrected chi connectivity index (χ2v) is 4.66. The molecule has 1 heterocycles. The summed E-state index contributed by atoms with van der Waals surface area (Å²) in [5.41, 5.74) is 7.20. The van der Waals surface area contributed by atoms with Crippen LogP contribution in [0, 0.1) is 5.41 Å². The Morgan fingerprint density at radius 1 is 1.61 bits per heavy atom. The third-order valence-corrected chi connectivity index (χ3v) is 3.79. The molecule has 7 heteroatoms. The molecule has 0 fully saturated rings. The molecule has 0 unspecified atom stereocenters. The monoisotopic (exact) mass is 270 g/mol. The summed E-state index contributed by atoms with van der Waals surface area (Å²) in [5.74, 6) is -0.293. The molecule has 1 aromatic rings. The van der Waals surface area contributed by atoms with Crippen LogP contribution in [0.2, 0.25) is 0 Å². The van der Waals surface area contributed by atoms with E-state index >= 15 is 0 Å². The highest BCUT2D eigenvalue weighted by molar-refractivity contribution is 7.07. The van der Waals surface area contributed by atoms with E-state index in [9.17, 15) is 4.79 Å². The fourth-order valence-corrected chi connectivity index (χ4v) is 2.37. The number of nitrogens with zero attached hydrogens (tertiary/aromatic N) is 2. The number of amides is 1. The fraction of sp³-hybridized carbons (Fsp3) is 0.545. The SMILES string of the molecule is CCC(CC)(C(=O)NCc1cscn1)C(N)=NO. The summed E-state index contributed by atoms with van der Waals surface area (Å²) >= 11 is 1.47. The lowest BCUT2D eigenvalue weighted by atomic mass is 9.80. The Balaban J connectivity index is 2.77. The van der Waals surface area contributed by atoms with Crippen molar-refractivity contribution in [3.05, 3.63) is 16.6 Å². The van der Waals surface area contributed by atoms with E-state index in [1.54, 1.807) is 5.51 Å². The molecule has 0 bridgehead atoms. The molecule has 6 nitrogen and oxygen atoms in total. The van der Waals surface area contributed by atoms with E-state index in [0.717, 1.165) is 5.69 Å². The van der Waals surface area contributed by atoms with E-state index in [1.807, 2.05) is 19.2 Å². The standard InChI is InChI=1S/C11H18N4O2S/c1-3-11(4-2,9(12)15-17)10(16)13-5-8-6-18-7-14-8/h6-7,17H,3-5H2,1-2H3,(H2,12,15)(H,13,16). The van der Waals surface area contributed by atoms with Gasteiger partial charge < -0.3 is 16.3 Å². The Morgan fingerprint density at radius 3 is 2.72 bits per heavy atom. The van der Waals surface area contributed by atoms with E-state index in [2.05, 4.69) is 15.5 Å². The Hall–Kier alpha value is -1.63. The smallest absolute Gasteiger partial charge is 0.234 e. The van der Waals surface area contributed by atoms with Gasteiger partial charge >= 0.3 is 0 Å². The van der Waals surface area contributed by atoms with Gasteiger partial charge in [0.2, 0.25) is 5.91 Å². The molecule has 0 spiro atoms. The highest BCUT2D eigenvalue weighted by Crippen LogP contribution is 2.27. The van der Waals surface area contributed by atoms with E-state index in [-0.39, 0.29) is 11.7 Å². The number of rotatable bonds is 6. The van der Waals surface area contributed by atoms with Gasteiger partial charge in [0.25, 0.3) is 0 Å². The lowest BCUT2D eigenvalue weighted by Crippen LogP contribution is -2.49. The molecule has 0 aliphatic rings. The van der Waals surface area contributed by atoms with Crippen molar-refractivity contribution >= 4 is 23.1 Å². The van der Waals surface area contributed by atoms with E-state index in [4.69, 9.17) is 10.9 Å². The summed E-state index contributed by atoms with van der Waals surface area (Å²) in [6, 6.07) is 0. The van der Waals surface area contributed by atoms with Gasteiger partial charge in [-0.05, 0) is 12.8 Å². The predicted octanol–water partition coefficient (Wildman–Crippen LogP) is 1.31. The lowest BCUT2D eigenvalue weighted by Gasteiger charge is -2.28. The van der Waals surface area contributed by atoms with Crippen molar-refractivity contribution in [1.82, 2.24) is 10.3 Å². The number of amidine groups is 1. The van der Waals surface area contributed by atoms with Crippen LogP contribution >= 0.6 is 11.3 Å². The zero-order chi connectivity index (χ0) is 13.6. The summed E-state index contributed by atoms with van der Waals surface area (Å²) in [6.45, 7) is 4.02. The zero-order valence-electron chi connectivity index (χ0n) is 10.5. The van der Waals surface area contributed by atoms with Crippen LogP contribution in [0.1, 0.15) is 32.4 Å². The van der Waals surface area contributed by atoms with Crippen molar-refractivity contribution in [1.29, 1.82) is 0 Å². The molecule has 1 aromatic heterocycles. The second-order valence-electron chi connectivity index (χ2n) is 3.94. The van der Waals surface area contributed by atoms with Crippen molar-refractivity contribution in [2.24, 2.45) is 16.3 Å². The average Bonchev–Trinajstić information content (AvgIpc) is 2.91. The average molecular weight is 270 g/mol. The number of hydrogen-bond acceptors (Lipinski definition) is 5. The van der Waals surface area contributed by atoms with Crippen molar-refractivity contribution in [3.8, 4) is 0 Å². The van der Waals surface area contributed by atoms with Gasteiger partial charge in [-0.1, -0.05) is 19.0 Å². The number of hydrogen-bond donors (Lipinski definition) is 3. The van der Waals surface area contributed by atoms with Crippen LogP contribution in [-0.2, 0) is 11.3 Å². The summed E-state index contributed by atoms with van der Waals surface area (Å²) in [5, 5.41) is 16.4. The first-order valence-electron chi connectivity index (χ1n) is 5.74. The minimum absolute atomic E-state index is 0.0525. The molecule has 0 radical (unpaired) electrons. The molecule has 18 heavy (non-hydrogen) atoms. The predicted molar refractivity (Wildman–Crippen MR) is 70.4 cm³/mol. The molecule has 4 N–H and O–H groups in total. The van der Waals surface area contributed by atoms with Gasteiger partial charge in [-0.2, -0.15) is 0 Å². The Bertz CT molecular complexity index is 413. The van der Waals surface area contributed by atoms with Gasteiger partial charge in [0, 0.05) is 5.38 Å². The van der Waals surface area contributed by atoms with Gasteiger partial charge in [0.1, 0.15) is 5.41 Å². The first-order chi connectivity index (χ1) is 8.60. The van der Waals surface area contributed by atoms with E-state index in [0.29, 0.717) is 19.4 Å². The zero-order valence-corrected chi connectivity index (χ0v) is 11.3. The Labute approximate surface area is 110 Å². The largest absolute Gasteiger partial charge is 0.409 e. The first kappa shape index (κ1) is 14.4. The van der Waals surface area contributed by atoms with Crippen LogP contribution in [0.5, 0.6) is 0 Å². The van der Waals surface area contributed by atoms with Crippen LogP contribution in [0.4, 0.5) is 0 Å². The molecular formula is C11H18N4O2S. The van der Waals surface area contributed by atoms with Gasteiger partial charge in [-0.15, -0.1) is 11.3 Å². The molecular weight excluding hydrogens is 252 g/mol. The van der Waals surface area contributed by atoms with E-state index < -0.39 is 5.41 Å². The van der Waals surface area contributed by atoms with Crippen molar-refractivity contribution in [2.45, 2.75) is 33.2 Å². The second kappa shape index (κ2) is 6.34. The highest BCUT2D eigenvalue weighted by Gasteiger charge is 2.39. The topological polar surface area (TPSA) is 101 Å². The number of nitrogens with two attached hydrogens (primary N) is 1. The van der Waals surface area contributed by atoms with Crippen LogP contribution < -0.4 is 11.1 Å². The molecule has 0 atom stereocenters. The van der Waals surface area contributed by atoms with Crippen molar-refractivity contribution in [2.75, 3.05) is 0 Å². The maximum atomic E-state index is 12.2. The van der Waals surface area contributed by atoms with E-state index in [1.165, 1.54) is 11.3 Å². The van der Waals surface area contributed by atoms with Crippen LogP contribution in [-0.4, -0.2) is 21.9 Å². The fourth-order valence-electron chi connectivity index (χ4n) is 1.81. The number of nitrogens with one attached hydrogen (secondary N) is 1. The summed E-state index contributed by atoms with van der Waals surface area (Å²) in [7, 11) is 0. The molecule has 1 amide bonds. The minimum atomic E-state index is -0.954. The number of carbonyl (C=O) groups is 1. The molecule has 100 valence electrons. The van der Waals surface area contributed by atoms with Crippen LogP contribution in [0.3, 0.4) is 0 Å². The van der Waals surface area contributed by atoms with Gasteiger partial charge in [0.05, 0.1) is 17.7 Å². The van der Waals surface area contributed by atoms with Gasteiger partial charge in [0.15, 0.2) is 5.84 Å². The molecule has 0 aliphatic carbocycles. The van der Waals surface area contributed by atoms with Crippen molar-refractivity contribution < 1.29 is 10.0 Å². The Morgan fingerprint density at radius 2 is 2.28 bits per heavy atom. The Kier molecular flexibility index (Phi) is 5.08. The lowest BCUT2D eigenvalue weighted by molar-refractivity contribution is -0.128. The number of thiazole rings is 1. The highest BCUT2D eigenvalue weighted by atomic mass is 32.1. The molecule has 0 aliphatic heterocycles. The van der Waals surface area contributed by atoms with Crippen molar-refractivity contribution in [3.63, 3.8) is 0 Å². The number of oxime groups is 1. The molecule has 0 aromatic carbocycles.